The van der Waals surface area contributed by atoms with Crippen molar-refractivity contribution in [1.29, 1.82) is 5.26 Å². The Hall–Kier alpha value is -2.36. The molecule has 0 aliphatic heterocycles. The molecule has 1 aromatic heterocycles. The number of hydrogen-bond acceptors (Lipinski definition) is 3. The maximum Gasteiger partial charge on any atom is 0.433 e. The molecule has 0 radical (unpaired) electrons. The first-order chi connectivity index (χ1) is 9.24. The van der Waals surface area contributed by atoms with Gasteiger partial charge in [0.25, 0.3) is 0 Å². The Bertz CT molecular complexity index is 543. The van der Waals surface area contributed by atoms with Crippen molar-refractivity contribution in [1.82, 2.24) is 10.3 Å². The molecule has 0 saturated carbocycles. The normalized spacial score (nSPS) is 12.3. The van der Waals surface area contributed by atoms with Crippen LogP contribution in [-0.2, 0) is 11.0 Å². The fraction of sp³-hybridized carbons (Fsp3) is 0.308. The zero-order valence-electron chi connectivity index (χ0n) is 10.7. The molecule has 0 fully saturated rings. The molecule has 1 N–H and O–H groups in total. The van der Waals surface area contributed by atoms with Crippen LogP contribution in [0.3, 0.4) is 0 Å². The molecule has 1 rings (SSSR count). The predicted molar refractivity (Wildman–Crippen MR) is 65.2 cm³/mol. The van der Waals surface area contributed by atoms with Crippen LogP contribution in [0.5, 0.6) is 0 Å². The van der Waals surface area contributed by atoms with Gasteiger partial charge in [0.2, 0.25) is 5.91 Å². The number of nitriles is 1. The van der Waals surface area contributed by atoms with Gasteiger partial charge in [0.15, 0.2) is 0 Å². The van der Waals surface area contributed by atoms with Gasteiger partial charge < -0.3 is 5.32 Å². The van der Waals surface area contributed by atoms with Gasteiger partial charge in [-0.1, -0.05) is 12.6 Å². The van der Waals surface area contributed by atoms with E-state index in [1.807, 2.05) is 0 Å². The van der Waals surface area contributed by atoms with Crippen molar-refractivity contribution in [3.63, 3.8) is 0 Å². The number of halogens is 3. The van der Waals surface area contributed by atoms with E-state index in [-0.39, 0.29) is 12.0 Å². The highest BCUT2D eigenvalue weighted by atomic mass is 19.4. The van der Waals surface area contributed by atoms with Crippen LogP contribution >= 0.6 is 0 Å². The second-order valence-corrected chi connectivity index (χ2v) is 4.16. The number of alkyl halides is 3. The largest absolute Gasteiger partial charge is 0.433 e. The standard InChI is InChI=1S/C13H12F3N3O/c1-8(6-17)5-12(20)19-9(2)10-3-4-11(18-7-10)13(14,15)16/h3-4,7,9H,1,5H2,2H3,(H,19,20)/t9-/m0/s1. The maximum atomic E-state index is 12.3. The number of amides is 1. The molecule has 0 aliphatic rings. The summed E-state index contributed by atoms with van der Waals surface area (Å²) in [6.45, 7) is 4.98. The van der Waals surface area contributed by atoms with Crippen molar-refractivity contribution in [3.8, 4) is 6.07 Å². The topological polar surface area (TPSA) is 65.8 Å². The van der Waals surface area contributed by atoms with Crippen LogP contribution in [0.15, 0.2) is 30.5 Å². The van der Waals surface area contributed by atoms with E-state index < -0.39 is 23.8 Å². The molecule has 20 heavy (non-hydrogen) atoms. The zero-order chi connectivity index (χ0) is 15.3. The number of carbonyl (C=O) groups excluding carboxylic acids is 1. The van der Waals surface area contributed by atoms with Crippen LogP contribution in [0, 0.1) is 11.3 Å². The highest BCUT2D eigenvalue weighted by Gasteiger charge is 2.32. The molecule has 4 nitrogen and oxygen atoms in total. The first kappa shape index (κ1) is 15.7. The zero-order valence-corrected chi connectivity index (χ0v) is 10.7. The Morgan fingerprint density at radius 3 is 2.65 bits per heavy atom. The van der Waals surface area contributed by atoms with Crippen LogP contribution < -0.4 is 5.32 Å². The molecule has 0 saturated heterocycles. The van der Waals surface area contributed by atoms with Crippen LogP contribution in [0.25, 0.3) is 0 Å². The fourth-order valence-corrected chi connectivity index (χ4v) is 1.44. The number of rotatable bonds is 4. The summed E-state index contributed by atoms with van der Waals surface area (Å²) in [5, 5.41) is 11.0. The predicted octanol–water partition coefficient (Wildman–Crippen LogP) is 2.75. The number of aromatic nitrogens is 1. The molecular weight excluding hydrogens is 271 g/mol. The van der Waals surface area contributed by atoms with Crippen LogP contribution in [-0.4, -0.2) is 10.9 Å². The van der Waals surface area contributed by atoms with Gasteiger partial charge in [-0.2, -0.15) is 18.4 Å². The molecule has 0 aliphatic carbocycles. The Morgan fingerprint density at radius 1 is 1.55 bits per heavy atom. The number of nitrogens with zero attached hydrogens (tertiary/aromatic N) is 2. The molecule has 0 spiro atoms. The van der Waals surface area contributed by atoms with Gasteiger partial charge in [0.05, 0.1) is 18.5 Å². The van der Waals surface area contributed by atoms with Gasteiger partial charge in [-0.25, -0.2) is 0 Å². The van der Waals surface area contributed by atoms with Crippen molar-refractivity contribution in [3.05, 3.63) is 41.7 Å². The summed E-state index contributed by atoms with van der Waals surface area (Å²) in [6.07, 6.45) is -3.57. The van der Waals surface area contributed by atoms with E-state index in [0.717, 1.165) is 12.3 Å². The minimum Gasteiger partial charge on any atom is -0.349 e. The molecular formula is C13H12F3N3O. The van der Waals surface area contributed by atoms with E-state index in [0.29, 0.717) is 5.56 Å². The lowest BCUT2D eigenvalue weighted by molar-refractivity contribution is -0.141. The van der Waals surface area contributed by atoms with Crippen molar-refractivity contribution < 1.29 is 18.0 Å². The first-order valence-electron chi connectivity index (χ1n) is 5.64. The monoisotopic (exact) mass is 283 g/mol. The summed E-state index contributed by atoms with van der Waals surface area (Å²) in [4.78, 5) is 14.8. The van der Waals surface area contributed by atoms with Crippen LogP contribution in [0.4, 0.5) is 13.2 Å². The quantitative estimate of drug-likeness (QED) is 0.864. The lowest BCUT2D eigenvalue weighted by Crippen LogP contribution is -2.26. The molecule has 0 bridgehead atoms. The fourth-order valence-electron chi connectivity index (χ4n) is 1.44. The Morgan fingerprint density at radius 2 is 2.20 bits per heavy atom. The van der Waals surface area contributed by atoms with Crippen molar-refractivity contribution in [2.45, 2.75) is 25.6 Å². The summed E-state index contributed by atoms with van der Waals surface area (Å²) in [5.41, 5.74) is -0.438. The minimum absolute atomic E-state index is 0.111. The summed E-state index contributed by atoms with van der Waals surface area (Å²) >= 11 is 0. The van der Waals surface area contributed by atoms with E-state index in [1.165, 1.54) is 6.07 Å². The van der Waals surface area contributed by atoms with Crippen LogP contribution in [0.2, 0.25) is 0 Å². The smallest absolute Gasteiger partial charge is 0.349 e. The van der Waals surface area contributed by atoms with Gasteiger partial charge in [-0.05, 0) is 18.6 Å². The SMILES string of the molecule is C=C(C#N)CC(=O)N[C@@H](C)c1ccc(C(F)(F)F)nc1. The van der Waals surface area contributed by atoms with Gasteiger partial charge >= 0.3 is 6.18 Å². The molecule has 1 heterocycles. The Balaban J connectivity index is 2.69. The Labute approximate surface area is 113 Å². The lowest BCUT2D eigenvalue weighted by Gasteiger charge is -2.14. The number of hydrogen-bond donors (Lipinski definition) is 1. The molecule has 0 aromatic carbocycles. The summed E-state index contributed by atoms with van der Waals surface area (Å²) < 4.78 is 37.0. The van der Waals surface area contributed by atoms with Gasteiger partial charge in [-0.15, -0.1) is 0 Å². The molecule has 0 unspecified atom stereocenters. The summed E-state index contributed by atoms with van der Waals surface area (Å²) in [5.74, 6) is -0.427. The summed E-state index contributed by atoms with van der Waals surface area (Å²) in [6, 6.07) is 3.33. The van der Waals surface area contributed by atoms with E-state index in [1.54, 1.807) is 13.0 Å². The average Bonchev–Trinajstić information content (AvgIpc) is 2.37. The third-order valence-corrected chi connectivity index (χ3v) is 2.49. The second-order valence-electron chi connectivity index (χ2n) is 4.16. The molecule has 1 atom stereocenters. The van der Waals surface area contributed by atoms with Gasteiger partial charge in [0, 0.05) is 11.8 Å². The Kier molecular flexibility index (Phi) is 4.86. The molecule has 7 heteroatoms. The van der Waals surface area contributed by atoms with E-state index >= 15 is 0 Å². The molecule has 106 valence electrons. The van der Waals surface area contributed by atoms with E-state index in [2.05, 4.69) is 16.9 Å². The van der Waals surface area contributed by atoms with Crippen molar-refractivity contribution >= 4 is 5.91 Å². The van der Waals surface area contributed by atoms with Crippen LogP contribution in [0.1, 0.15) is 30.6 Å². The first-order valence-corrected chi connectivity index (χ1v) is 5.64. The minimum atomic E-state index is -4.49. The maximum absolute atomic E-state index is 12.3. The summed E-state index contributed by atoms with van der Waals surface area (Å²) in [7, 11) is 0. The van der Waals surface area contributed by atoms with Crippen molar-refractivity contribution in [2.24, 2.45) is 0 Å². The van der Waals surface area contributed by atoms with E-state index in [4.69, 9.17) is 5.26 Å². The lowest BCUT2D eigenvalue weighted by atomic mass is 10.1. The third-order valence-electron chi connectivity index (χ3n) is 2.49. The highest BCUT2D eigenvalue weighted by Crippen LogP contribution is 2.27. The van der Waals surface area contributed by atoms with Gasteiger partial charge in [-0.3, -0.25) is 9.78 Å². The second kappa shape index (κ2) is 6.19. The average molecular weight is 283 g/mol. The molecule has 1 aromatic rings. The number of carbonyl (C=O) groups is 1. The molecule has 1 amide bonds. The number of nitrogens with one attached hydrogen (secondary N) is 1. The van der Waals surface area contributed by atoms with E-state index in [9.17, 15) is 18.0 Å². The third kappa shape index (κ3) is 4.39. The number of pyridine rings is 1. The van der Waals surface area contributed by atoms with Gasteiger partial charge in [0.1, 0.15) is 5.69 Å². The highest BCUT2D eigenvalue weighted by molar-refractivity contribution is 5.79. The van der Waals surface area contributed by atoms with Crippen molar-refractivity contribution in [2.75, 3.05) is 0 Å².